The number of carbonyl (C=O) groups excluding carboxylic acids is 2. The summed E-state index contributed by atoms with van der Waals surface area (Å²) in [5, 5.41) is 5.91. The largest absolute Gasteiger partial charge is 0.444 e. The smallest absolute Gasteiger partial charge is 0.407 e. The minimum Gasteiger partial charge on any atom is -0.444 e. The number of rotatable bonds is 6. The summed E-state index contributed by atoms with van der Waals surface area (Å²) in [6.07, 6.45) is 3.86. The maximum absolute atomic E-state index is 11.9. The number of nitrogens with zero attached hydrogens (tertiary/aromatic N) is 2. The Labute approximate surface area is 284 Å². The van der Waals surface area contributed by atoms with Crippen LogP contribution >= 0.6 is 23.5 Å². The first-order valence-corrected chi connectivity index (χ1v) is 18.7. The van der Waals surface area contributed by atoms with Gasteiger partial charge in [-0.3, -0.25) is 0 Å². The molecule has 0 bridgehead atoms. The average Bonchev–Trinajstić information content (AvgIpc) is 3.72. The Hall–Kier alpha value is -2.72. The molecule has 0 spiro atoms. The average molecular weight is 669 g/mol. The van der Waals surface area contributed by atoms with Gasteiger partial charge in [0.15, 0.2) is 0 Å². The first-order valence-electron chi connectivity index (χ1n) is 16.7. The highest BCUT2D eigenvalue weighted by Crippen LogP contribution is 2.43. The Morgan fingerprint density at radius 2 is 1.09 bits per heavy atom. The molecule has 2 aromatic carbocycles. The zero-order valence-corrected chi connectivity index (χ0v) is 30.5. The topological polar surface area (TPSA) is 83.1 Å². The van der Waals surface area contributed by atoms with E-state index in [0.29, 0.717) is 0 Å². The van der Waals surface area contributed by atoms with Crippen LogP contribution in [0.1, 0.15) is 77.6 Å². The third-order valence-electron chi connectivity index (χ3n) is 8.32. The minimum atomic E-state index is -0.456. The van der Waals surface area contributed by atoms with Gasteiger partial charge in [-0.25, -0.2) is 9.59 Å². The predicted molar refractivity (Wildman–Crippen MR) is 191 cm³/mol. The molecule has 0 aromatic heterocycles. The first kappa shape index (κ1) is 34.6. The number of alkyl carbamates (subject to hydrolysis) is 2. The number of ether oxygens (including phenoxy) is 2. The zero-order chi connectivity index (χ0) is 33.2. The highest BCUT2D eigenvalue weighted by Gasteiger charge is 2.30. The number of nitrogens with one attached hydrogen (secondary N) is 2. The lowest BCUT2D eigenvalue weighted by atomic mass is 10.1. The Bertz CT molecular complexity index is 1330. The summed E-state index contributed by atoms with van der Waals surface area (Å²) >= 11 is 3.91. The lowest BCUT2D eigenvalue weighted by molar-refractivity contribution is 0.0498. The van der Waals surface area contributed by atoms with Gasteiger partial charge in [-0.05, 0) is 115 Å². The van der Waals surface area contributed by atoms with E-state index in [2.05, 4.69) is 44.7 Å². The molecule has 10 heteroatoms. The van der Waals surface area contributed by atoms with Gasteiger partial charge in [0.25, 0.3) is 0 Å². The molecule has 4 aliphatic heterocycles. The van der Waals surface area contributed by atoms with Crippen LogP contribution in [0.4, 0.5) is 21.0 Å². The van der Waals surface area contributed by atoms with E-state index in [-0.39, 0.29) is 24.3 Å². The van der Waals surface area contributed by atoms with Crippen molar-refractivity contribution in [2.24, 2.45) is 0 Å². The fourth-order valence-electron chi connectivity index (χ4n) is 6.67. The maximum atomic E-state index is 11.9. The van der Waals surface area contributed by atoms with Gasteiger partial charge in [0.05, 0.1) is 0 Å². The van der Waals surface area contributed by atoms with Gasteiger partial charge in [0.2, 0.25) is 0 Å². The fourth-order valence-corrected chi connectivity index (χ4v) is 8.80. The summed E-state index contributed by atoms with van der Waals surface area (Å²) < 4.78 is 10.7. The molecule has 8 nitrogen and oxygen atoms in total. The van der Waals surface area contributed by atoms with E-state index in [9.17, 15) is 9.59 Å². The molecule has 252 valence electrons. The number of amides is 2. The molecule has 0 fully saturated rings. The fraction of sp³-hybridized carbons (Fsp3) is 0.611. The predicted octanol–water partition coefficient (Wildman–Crippen LogP) is 7.22. The Balaban J connectivity index is 0.000000181. The number of benzene rings is 2. The molecule has 0 saturated carbocycles. The van der Waals surface area contributed by atoms with E-state index in [1.54, 1.807) is 0 Å². The van der Waals surface area contributed by atoms with Crippen molar-refractivity contribution in [2.45, 2.75) is 114 Å². The second-order valence-corrected chi connectivity index (χ2v) is 17.1. The molecule has 0 aliphatic carbocycles. The van der Waals surface area contributed by atoms with Crippen molar-refractivity contribution >= 4 is 47.1 Å². The summed E-state index contributed by atoms with van der Waals surface area (Å²) in [5.41, 5.74) is 7.86. The number of carbonyl (C=O) groups is 2. The molecule has 4 aliphatic rings. The molecule has 2 aromatic rings. The Kier molecular flexibility index (Phi) is 10.7. The first-order chi connectivity index (χ1) is 21.7. The number of hydrogen-bond donors (Lipinski definition) is 2. The third kappa shape index (κ3) is 8.79. The van der Waals surface area contributed by atoms with Crippen LogP contribution in [0.25, 0.3) is 0 Å². The van der Waals surface area contributed by atoms with Crippen LogP contribution in [-0.4, -0.2) is 73.2 Å². The van der Waals surface area contributed by atoms with Crippen LogP contribution < -0.4 is 20.4 Å². The normalized spacial score (nSPS) is 17.7. The van der Waals surface area contributed by atoms with Crippen molar-refractivity contribution in [1.29, 1.82) is 0 Å². The number of anilines is 2. The lowest BCUT2D eigenvalue weighted by Gasteiger charge is -2.27. The molecular weight excluding hydrogens is 617 g/mol. The summed E-state index contributed by atoms with van der Waals surface area (Å²) in [4.78, 5) is 31.6. The van der Waals surface area contributed by atoms with Crippen LogP contribution in [-0.2, 0) is 35.2 Å². The molecule has 0 saturated heterocycles. The number of fused-ring (bicyclic) bond motifs is 6. The van der Waals surface area contributed by atoms with E-state index < -0.39 is 11.2 Å². The van der Waals surface area contributed by atoms with Gasteiger partial charge < -0.3 is 29.9 Å². The number of thioether (sulfide) groups is 2. The van der Waals surface area contributed by atoms with Crippen LogP contribution in [0.15, 0.2) is 34.1 Å². The standard InChI is InChI=1S/2C18H26N2O2S/c2*1-12(19-17(21)22-18(2,3)4)11-20-9-7-13-5-6-15-14(16(13)20)8-10-23-15/h2*5-6,12H,7-11H2,1-4H3,(H,19,21)/t2*12-/m00/s1. The molecule has 2 amide bonds. The van der Waals surface area contributed by atoms with Crippen molar-refractivity contribution in [3.8, 4) is 0 Å². The van der Waals surface area contributed by atoms with Crippen molar-refractivity contribution < 1.29 is 19.1 Å². The molecule has 6 rings (SSSR count). The molecule has 0 radical (unpaired) electrons. The highest BCUT2D eigenvalue weighted by atomic mass is 32.2. The second-order valence-electron chi connectivity index (χ2n) is 14.8. The lowest BCUT2D eigenvalue weighted by Crippen LogP contribution is -2.43. The van der Waals surface area contributed by atoms with E-state index in [1.807, 2.05) is 78.9 Å². The van der Waals surface area contributed by atoms with E-state index >= 15 is 0 Å². The summed E-state index contributed by atoms with van der Waals surface area (Å²) in [7, 11) is 0. The van der Waals surface area contributed by atoms with Crippen LogP contribution in [0.3, 0.4) is 0 Å². The summed E-state index contributed by atoms with van der Waals surface area (Å²) in [5.74, 6) is 2.37. The van der Waals surface area contributed by atoms with Crippen LogP contribution in [0.2, 0.25) is 0 Å². The molecular formula is C36H52N4O4S2. The van der Waals surface area contributed by atoms with Gasteiger partial charge in [0.1, 0.15) is 11.2 Å². The van der Waals surface area contributed by atoms with Crippen molar-refractivity contribution in [3.05, 3.63) is 46.5 Å². The third-order valence-corrected chi connectivity index (χ3v) is 10.5. The Morgan fingerprint density at radius 1 is 0.696 bits per heavy atom. The van der Waals surface area contributed by atoms with Gasteiger partial charge in [-0.1, -0.05) is 12.1 Å². The molecule has 2 N–H and O–H groups in total. The maximum Gasteiger partial charge on any atom is 0.407 e. The summed E-state index contributed by atoms with van der Waals surface area (Å²) in [6, 6.07) is 9.22. The van der Waals surface area contributed by atoms with Gasteiger partial charge in [-0.2, -0.15) is 0 Å². The number of hydrogen-bond acceptors (Lipinski definition) is 8. The van der Waals surface area contributed by atoms with Crippen LogP contribution in [0.5, 0.6) is 0 Å². The van der Waals surface area contributed by atoms with Gasteiger partial charge >= 0.3 is 12.2 Å². The molecule has 4 heterocycles. The zero-order valence-electron chi connectivity index (χ0n) is 28.9. The SMILES string of the molecule is C[C@@H](CN1CCc2ccc3c(c21)CCS3)NC(=O)OC(C)(C)C.C[C@@H](CN1CCc2ccc3c(c21)CCS3)NC(=O)OC(C)(C)C. The monoisotopic (exact) mass is 668 g/mol. The Morgan fingerprint density at radius 3 is 1.46 bits per heavy atom. The summed E-state index contributed by atoms with van der Waals surface area (Å²) in [6.45, 7) is 19.1. The van der Waals surface area contributed by atoms with Crippen molar-refractivity contribution in [2.75, 3.05) is 47.5 Å². The van der Waals surface area contributed by atoms with Crippen molar-refractivity contribution in [3.63, 3.8) is 0 Å². The highest BCUT2D eigenvalue weighted by molar-refractivity contribution is 7.99. The van der Waals surface area contributed by atoms with Crippen LogP contribution in [0, 0.1) is 0 Å². The minimum absolute atomic E-state index is 0.0562. The van der Waals surface area contributed by atoms with Crippen molar-refractivity contribution in [1.82, 2.24) is 10.6 Å². The molecule has 0 unspecified atom stereocenters. The van der Waals surface area contributed by atoms with E-state index in [0.717, 1.165) is 51.9 Å². The molecule has 2 atom stereocenters. The van der Waals surface area contributed by atoms with Gasteiger partial charge in [0, 0.05) is 70.9 Å². The van der Waals surface area contributed by atoms with E-state index in [1.165, 1.54) is 54.9 Å². The van der Waals surface area contributed by atoms with Gasteiger partial charge in [-0.15, -0.1) is 23.5 Å². The molecule has 46 heavy (non-hydrogen) atoms. The van der Waals surface area contributed by atoms with E-state index in [4.69, 9.17) is 9.47 Å². The second kappa shape index (κ2) is 14.2. The quantitative estimate of drug-likeness (QED) is 0.334.